The molecule has 0 unspecified atom stereocenters. The van der Waals surface area contributed by atoms with Crippen molar-refractivity contribution in [3.8, 4) is 0 Å². The number of benzene rings is 3. The molecule has 0 amide bonds. The molecule has 0 spiro atoms. The van der Waals surface area contributed by atoms with Crippen molar-refractivity contribution in [1.29, 1.82) is 0 Å². The number of rotatable bonds is 9. The topological polar surface area (TPSA) is 19.4 Å². The summed E-state index contributed by atoms with van der Waals surface area (Å²) in [7, 11) is 6.77. The summed E-state index contributed by atoms with van der Waals surface area (Å²) in [5, 5.41) is 0. The zero-order chi connectivity index (χ0) is 29.6. The van der Waals surface area contributed by atoms with Gasteiger partial charge in [0.2, 0.25) is 0 Å². The Morgan fingerprint density at radius 1 is 0.395 bits per heavy atom. The summed E-state index contributed by atoms with van der Waals surface area (Å²) in [6.45, 7) is 17.1. The van der Waals surface area contributed by atoms with E-state index in [4.69, 9.17) is 0 Å². The first-order valence-corrected chi connectivity index (χ1v) is 21.5. The standard InChI is InChI=1S/3C12H17N2.Bi/c3*1-13-7-9-14(10-8-13)11-12-5-3-2-4-6-12;/h3*2-5H,7-11H2,1H3;. The molecule has 0 aliphatic carbocycles. The molecule has 0 N–H and O–H groups in total. The summed E-state index contributed by atoms with van der Waals surface area (Å²) in [6.07, 6.45) is 0. The van der Waals surface area contributed by atoms with Crippen LogP contribution in [0.4, 0.5) is 0 Å². The van der Waals surface area contributed by atoms with Crippen LogP contribution in [0, 0.1) is 0 Å². The number of nitrogens with zero attached hydrogens (tertiary/aromatic N) is 6. The monoisotopic (exact) mass is 776 g/mol. The van der Waals surface area contributed by atoms with Gasteiger partial charge in [0.05, 0.1) is 0 Å². The number of likely N-dealkylation sites (N-methyl/N-ethyl adjacent to an activating group) is 3. The van der Waals surface area contributed by atoms with Crippen LogP contribution in [0.5, 0.6) is 0 Å². The molecule has 3 saturated heterocycles. The summed E-state index contributed by atoms with van der Waals surface area (Å²) in [5.74, 6) is 0. The van der Waals surface area contributed by atoms with Crippen LogP contribution >= 0.6 is 0 Å². The second kappa shape index (κ2) is 15.1. The van der Waals surface area contributed by atoms with Crippen LogP contribution in [-0.2, 0) is 19.6 Å². The van der Waals surface area contributed by atoms with Gasteiger partial charge in [-0.3, -0.25) is 0 Å². The fourth-order valence-electron chi connectivity index (χ4n) is 6.72. The van der Waals surface area contributed by atoms with Gasteiger partial charge in [-0.15, -0.1) is 0 Å². The van der Waals surface area contributed by atoms with E-state index in [2.05, 4.69) is 123 Å². The van der Waals surface area contributed by atoms with Gasteiger partial charge in [-0.1, -0.05) is 0 Å². The van der Waals surface area contributed by atoms with Gasteiger partial charge in [0.15, 0.2) is 0 Å². The molecule has 0 bridgehead atoms. The molecule has 43 heavy (non-hydrogen) atoms. The molecule has 0 aromatic heterocycles. The zero-order valence-corrected chi connectivity index (χ0v) is 30.1. The summed E-state index contributed by atoms with van der Waals surface area (Å²) in [5.41, 5.74) is 4.69. The molecule has 230 valence electrons. The minimum atomic E-state index is -2.72. The molecule has 3 aromatic carbocycles. The Morgan fingerprint density at radius 3 is 0.930 bits per heavy atom. The predicted molar refractivity (Wildman–Crippen MR) is 182 cm³/mol. The molecule has 6 nitrogen and oxygen atoms in total. The summed E-state index contributed by atoms with van der Waals surface area (Å²) in [4.78, 5) is 15.5. The number of hydrogen-bond acceptors (Lipinski definition) is 6. The Balaban J connectivity index is 1.39. The maximum absolute atomic E-state index is 2.72. The average Bonchev–Trinajstić information content (AvgIpc) is 3.03. The molecular weight excluding hydrogens is 725 g/mol. The van der Waals surface area contributed by atoms with Gasteiger partial charge in [-0.05, 0) is 0 Å². The van der Waals surface area contributed by atoms with E-state index >= 15 is 0 Å². The third-order valence-electron chi connectivity index (χ3n) is 9.67. The molecule has 0 saturated carbocycles. The fourth-order valence-corrected chi connectivity index (χ4v) is 17.5. The first kappa shape index (κ1) is 31.3. The van der Waals surface area contributed by atoms with Crippen molar-refractivity contribution >= 4 is 31.6 Å². The first-order chi connectivity index (χ1) is 21.0. The predicted octanol–water partition coefficient (Wildman–Crippen LogP) is 1.45. The fraction of sp³-hybridized carbons (Fsp3) is 0.500. The maximum atomic E-state index is 2.69. The number of hydrogen-bond donors (Lipinski definition) is 0. The Bertz CT molecular complexity index is 1150. The van der Waals surface area contributed by atoms with Crippen molar-refractivity contribution in [2.75, 3.05) is 99.7 Å². The third-order valence-corrected chi connectivity index (χ3v) is 20.4. The van der Waals surface area contributed by atoms with E-state index in [1.54, 1.807) is 26.5 Å². The normalized spacial score (nSPS) is 20.7. The molecule has 0 radical (unpaired) electrons. The van der Waals surface area contributed by atoms with Gasteiger partial charge in [-0.2, -0.15) is 0 Å². The van der Waals surface area contributed by atoms with E-state index in [0.29, 0.717) is 0 Å². The van der Waals surface area contributed by atoms with E-state index < -0.39 is 21.8 Å². The van der Waals surface area contributed by atoms with Gasteiger partial charge < -0.3 is 0 Å². The van der Waals surface area contributed by atoms with Crippen molar-refractivity contribution in [2.24, 2.45) is 0 Å². The zero-order valence-electron chi connectivity index (χ0n) is 26.7. The van der Waals surface area contributed by atoms with Gasteiger partial charge in [0.25, 0.3) is 0 Å². The van der Waals surface area contributed by atoms with Crippen molar-refractivity contribution in [3.05, 3.63) is 89.5 Å². The van der Waals surface area contributed by atoms with Gasteiger partial charge >= 0.3 is 270 Å². The quantitative estimate of drug-likeness (QED) is 0.305. The van der Waals surface area contributed by atoms with Crippen molar-refractivity contribution in [1.82, 2.24) is 29.4 Å². The van der Waals surface area contributed by atoms with Gasteiger partial charge in [-0.25, -0.2) is 0 Å². The SMILES string of the molecule is CN1CCN(Cc2cccc[c]2[Bi]([c]2ccccc2CN2CCN(C)CC2)[c]2ccccc2CN2CCN(C)CC2)CC1. The second-order valence-corrected chi connectivity index (χ2v) is 21.2. The summed E-state index contributed by atoms with van der Waals surface area (Å²) >= 11 is -2.72. The van der Waals surface area contributed by atoms with Crippen LogP contribution in [0.25, 0.3) is 0 Å². The molecular formula is C36H51BiN6. The van der Waals surface area contributed by atoms with E-state index in [1.165, 1.54) is 0 Å². The molecule has 3 fully saturated rings. The van der Waals surface area contributed by atoms with Crippen molar-refractivity contribution in [2.45, 2.75) is 19.6 Å². The molecule has 3 heterocycles. The Kier molecular flexibility index (Phi) is 11.0. The van der Waals surface area contributed by atoms with E-state index in [0.717, 1.165) is 98.2 Å². The van der Waals surface area contributed by atoms with E-state index in [9.17, 15) is 0 Å². The van der Waals surface area contributed by atoms with Crippen molar-refractivity contribution in [3.63, 3.8) is 0 Å². The summed E-state index contributed by atoms with van der Waals surface area (Å²) < 4.78 is 5.02. The first-order valence-electron chi connectivity index (χ1n) is 16.3. The molecule has 3 aliphatic heterocycles. The van der Waals surface area contributed by atoms with Crippen LogP contribution in [0.3, 0.4) is 0 Å². The molecule has 3 aliphatic rings. The van der Waals surface area contributed by atoms with E-state index in [-0.39, 0.29) is 0 Å². The molecule has 7 heteroatoms. The van der Waals surface area contributed by atoms with Crippen molar-refractivity contribution < 1.29 is 0 Å². The van der Waals surface area contributed by atoms with Crippen LogP contribution in [-0.4, -0.2) is 151 Å². The Labute approximate surface area is 268 Å². The van der Waals surface area contributed by atoms with Crippen LogP contribution in [0.2, 0.25) is 0 Å². The number of piperazine rings is 3. The van der Waals surface area contributed by atoms with Gasteiger partial charge in [0.1, 0.15) is 0 Å². The Hall–Kier alpha value is -1.70. The summed E-state index contributed by atoms with van der Waals surface area (Å²) in [6, 6.07) is 28.7. The second-order valence-electron chi connectivity index (χ2n) is 13.0. The Morgan fingerprint density at radius 2 is 0.651 bits per heavy atom. The average molecular weight is 777 g/mol. The van der Waals surface area contributed by atoms with E-state index in [1.807, 2.05) is 0 Å². The van der Waals surface area contributed by atoms with Crippen LogP contribution < -0.4 is 9.81 Å². The third kappa shape index (κ3) is 8.13. The minimum absolute atomic E-state index is 1.07. The van der Waals surface area contributed by atoms with Crippen LogP contribution in [0.15, 0.2) is 72.8 Å². The molecule has 0 atom stereocenters. The molecule has 3 aromatic rings. The van der Waals surface area contributed by atoms with Crippen LogP contribution in [0.1, 0.15) is 16.7 Å². The molecule has 6 rings (SSSR count). The van der Waals surface area contributed by atoms with Gasteiger partial charge in [0, 0.05) is 0 Å².